The zero-order valence-electron chi connectivity index (χ0n) is 42.9. The molecule has 11 nitrogen and oxygen atoms in total. The van der Waals surface area contributed by atoms with E-state index in [0.29, 0.717) is 36.8 Å². The number of nitrogens with zero attached hydrogens (tertiary/aromatic N) is 3. The SMILES string of the molecule is COC(=O)CN(Cc1ccccc1)Cc1cccc(N(C)C(=O)C[C@@H](/C=C/CCSC(c2ccccc2)(c2ccccc2)c2ccccc2)OC(=O)[C@H](NC(=O)OCC2c3ccccc3-c3ccccc32)C(C)C)n1. The summed E-state index contributed by atoms with van der Waals surface area (Å²) < 4.78 is 16.5. The summed E-state index contributed by atoms with van der Waals surface area (Å²) in [6.45, 7) is 4.56. The third-order valence-corrected chi connectivity index (χ3v) is 15.0. The van der Waals surface area contributed by atoms with Gasteiger partial charge >= 0.3 is 18.0 Å². The highest BCUT2D eigenvalue weighted by molar-refractivity contribution is 8.00. The molecule has 2 amide bonds. The number of hydrogen-bond donors (Lipinski definition) is 1. The normalized spacial score (nSPS) is 12.9. The highest BCUT2D eigenvalue weighted by atomic mass is 32.2. The summed E-state index contributed by atoms with van der Waals surface area (Å²) in [4.78, 5) is 62.9. The predicted molar refractivity (Wildman–Crippen MR) is 297 cm³/mol. The van der Waals surface area contributed by atoms with E-state index in [9.17, 15) is 19.2 Å². The number of ether oxygens (including phenoxy) is 3. The topological polar surface area (TPSA) is 127 Å². The molecule has 0 aliphatic heterocycles. The molecule has 8 rings (SSSR count). The zero-order chi connectivity index (χ0) is 52.6. The van der Waals surface area contributed by atoms with Crippen LogP contribution in [0, 0.1) is 5.92 Å². The first kappa shape index (κ1) is 53.5. The molecular formula is C63H64N4O7S. The van der Waals surface area contributed by atoms with Gasteiger partial charge in [0.25, 0.3) is 0 Å². The number of pyridine rings is 1. The Morgan fingerprint density at radius 3 is 1.80 bits per heavy atom. The van der Waals surface area contributed by atoms with Gasteiger partial charge in [-0.25, -0.2) is 14.6 Å². The fraction of sp³-hybridized carbons (Fsp3) is 0.254. The van der Waals surface area contributed by atoms with Gasteiger partial charge in [0.2, 0.25) is 5.91 Å². The number of rotatable bonds is 23. The van der Waals surface area contributed by atoms with Crippen molar-refractivity contribution in [1.29, 1.82) is 0 Å². The summed E-state index contributed by atoms with van der Waals surface area (Å²) in [5, 5.41) is 2.79. The van der Waals surface area contributed by atoms with Crippen LogP contribution in [-0.4, -0.2) is 79.0 Å². The molecule has 1 aliphatic rings. The molecular weight excluding hydrogens is 957 g/mol. The lowest BCUT2D eigenvalue weighted by Gasteiger charge is -2.35. The Balaban J connectivity index is 0.998. The Labute approximate surface area is 445 Å². The minimum Gasteiger partial charge on any atom is -0.468 e. The summed E-state index contributed by atoms with van der Waals surface area (Å²) in [5.41, 5.74) is 9.46. The molecule has 0 saturated carbocycles. The van der Waals surface area contributed by atoms with Crippen molar-refractivity contribution in [3.8, 4) is 11.1 Å². The molecule has 0 bridgehead atoms. The van der Waals surface area contributed by atoms with Crippen molar-refractivity contribution >= 4 is 41.5 Å². The fourth-order valence-electron chi connectivity index (χ4n) is 9.60. The summed E-state index contributed by atoms with van der Waals surface area (Å²) in [6.07, 6.45) is 2.34. The van der Waals surface area contributed by atoms with Crippen molar-refractivity contribution in [3.63, 3.8) is 0 Å². The van der Waals surface area contributed by atoms with Crippen LogP contribution in [0.5, 0.6) is 0 Å². The van der Waals surface area contributed by atoms with E-state index in [1.165, 1.54) is 12.0 Å². The summed E-state index contributed by atoms with van der Waals surface area (Å²) >= 11 is 1.81. The lowest BCUT2D eigenvalue weighted by molar-refractivity contribution is -0.151. The largest absolute Gasteiger partial charge is 0.468 e. The van der Waals surface area contributed by atoms with Crippen molar-refractivity contribution in [2.24, 2.45) is 5.92 Å². The molecule has 12 heteroatoms. The lowest BCUT2D eigenvalue weighted by atomic mass is 9.84. The molecule has 0 fully saturated rings. The Bertz CT molecular complexity index is 2890. The maximum atomic E-state index is 14.3. The highest BCUT2D eigenvalue weighted by Gasteiger charge is 2.37. The second-order valence-electron chi connectivity index (χ2n) is 18.9. The Kier molecular flexibility index (Phi) is 18.5. The van der Waals surface area contributed by atoms with E-state index >= 15 is 0 Å². The second-order valence-corrected chi connectivity index (χ2v) is 20.2. The van der Waals surface area contributed by atoms with Crippen LogP contribution in [0.4, 0.5) is 10.6 Å². The molecule has 0 spiro atoms. The van der Waals surface area contributed by atoms with Crippen LogP contribution in [0.1, 0.15) is 71.7 Å². The van der Waals surface area contributed by atoms with Gasteiger partial charge in [0.1, 0.15) is 24.6 Å². The number of carbonyl (C=O) groups is 4. The molecule has 0 saturated heterocycles. The Morgan fingerprint density at radius 1 is 0.693 bits per heavy atom. The fourth-order valence-corrected chi connectivity index (χ4v) is 11.1. The van der Waals surface area contributed by atoms with Crippen LogP contribution in [0.25, 0.3) is 11.1 Å². The van der Waals surface area contributed by atoms with Crippen molar-refractivity contribution in [1.82, 2.24) is 15.2 Å². The van der Waals surface area contributed by atoms with Gasteiger partial charge in [0.05, 0.1) is 30.5 Å². The first-order valence-electron chi connectivity index (χ1n) is 25.4. The number of allylic oxidation sites excluding steroid dienone is 1. The Morgan fingerprint density at radius 2 is 1.24 bits per heavy atom. The standard InChI is InChI=1S/C63H64N4O7S/c1-45(2)60(65-62(71)73-44-56-54-36-19-17-34-52(54)53-35-18-20-37-55(53)56)61(70)74-51(33-21-22-39-75-63(47-26-11-6-12-27-47,48-28-13-7-14-29-48)49-30-15-8-16-31-49)40-58(68)66(3)57-38-23-32-50(64-57)42-67(43-59(69)72-4)41-46-24-9-5-10-25-46/h5-21,23-38,45,51,56,60H,22,39-44H2,1-4H3,(H,65,71)/b33-21+/t51-,60-/m1/s1. The number of amides is 2. The average molecular weight is 1020 g/mol. The number of hydrogen-bond acceptors (Lipinski definition) is 10. The number of esters is 2. The number of aromatic nitrogens is 1. The van der Waals surface area contributed by atoms with E-state index in [-0.39, 0.29) is 43.3 Å². The highest BCUT2D eigenvalue weighted by Crippen LogP contribution is 2.49. The van der Waals surface area contributed by atoms with Crippen LogP contribution < -0.4 is 10.2 Å². The number of fused-ring (bicyclic) bond motifs is 3. The molecule has 6 aromatic carbocycles. The minimum atomic E-state index is -1.08. The smallest absolute Gasteiger partial charge is 0.407 e. The molecule has 2 atom stereocenters. The maximum absolute atomic E-state index is 14.3. The molecule has 384 valence electrons. The van der Waals surface area contributed by atoms with Gasteiger partial charge < -0.3 is 19.5 Å². The molecule has 0 radical (unpaired) electrons. The number of thioether (sulfide) groups is 1. The first-order valence-corrected chi connectivity index (χ1v) is 26.4. The quantitative estimate of drug-likeness (QED) is 0.0217. The molecule has 0 unspecified atom stereocenters. The maximum Gasteiger partial charge on any atom is 0.407 e. The molecule has 1 aromatic heterocycles. The zero-order valence-corrected chi connectivity index (χ0v) is 43.7. The van der Waals surface area contributed by atoms with Crippen LogP contribution in [0.15, 0.2) is 200 Å². The number of carbonyl (C=O) groups excluding carboxylic acids is 4. The molecule has 7 aromatic rings. The van der Waals surface area contributed by atoms with Gasteiger partial charge in [-0.3, -0.25) is 19.4 Å². The number of nitrogens with one attached hydrogen (secondary N) is 1. The molecule has 1 heterocycles. The average Bonchev–Trinajstić information content (AvgIpc) is 3.76. The molecule has 1 aliphatic carbocycles. The van der Waals surface area contributed by atoms with Crippen molar-refractivity contribution in [3.05, 3.63) is 239 Å². The minimum absolute atomic E-state index is 0.0449. The first-order chi connectivity index (χ1) is 36.5. The third-order valence-electron chi connectivity index (χ3n) is 13.4. The van der Waals surface area contributed by atoms with Gasteiger partial charge in [-0.2, -0.15) is 0 Å². The van der Waals surface area contributed by atoms with Gasteiger partial charge in [0.15, 0.2) is 0 Å². The van der Waals surface area contributed by atoms with Crippen molar-refractivity contribution in [2.75, 3.05) is 38.0 Å². The molecule has 1 N–H and O–H groups in total. The van der Waals surface area contributed by atoms with Crippen molar-refractivity contribution in [2.45, 2.75) is 62.6 Å². The Hall–Kier alpha value is -7.80. The summed E-state index contributed by atoms with van der Waals surface area (Å²) in [6, 6.07) is 61.8. The number of anilines is 1. The van der Waals surface area contributed by atoms with Gasteiger partial charge in [0, 0.05) is 26.1 Å². The monoisotopic (exact) mass is 1020 g/mol. The predicted octanol–water partition coefficient (Wildman–Crippen LogP) is 11.8. The summed E-state index contributed by atoms with van der Waals surface area (Å²) in [7, 11) is 3.00. The van der Waals surface area contributed by atoms with Crippen LogP contribution in [0.2, 0.25) is 0 Å². The van der Waals surface area contributed by atoms with E-state index in [1.807, 2.05) is 134 Å². The number of methoxy groups -OCH3 is 1. The van der Waals surface area contributed by atoms with E-state index in [4.69, 9.17) is 19.2 Å². The lowest BCUT2D eigenvalue weighted by Crippen LogP contribution is -2.47. The van der Waals surface area contributed by atoms with Gasteiger partial charge in [-0.05, 0) is 80.8 Å². The van der Waals surface area contributed by atoms with E-state index in [1.54, 1.807) is 19.2 Å². The van der Waals surface area contributed by atoms with Crippen LogP contribution in [0.3, 0.4) is 0 Å². The van der Waals surface area contributed by atoms with E-state index in [0.717, 1.165) is 44.5 Å². The van der Waals surface area contributed by atoms with Crippen LogP contribution in [-0.2, 0) is 46.4 Å². The van der Waals surface area contributed by atoms with E-state index < -0.39 is 29.0 Å². The van der Waals surface area contributed by atoms with Gasteiger partial charge in [-0.15, -0.1) is 11.8 Å². The van der Waals surface area contributed by atoms with Crippen LogP contribution >= 0.6 is 11.8 Å². The third kappa shape index (κ3) is 13.5. The summed E-state index contributed by atoms with van der Waals surface area (Å²) in [5.74, 6) is -0.908. The van der Waals surface area contributed by atoms with E-state index in [2.05, 4.69) is 90.2 Å². The molecule has 75 heavy (non-hydrogen) atoms. The number of alkyl carbamates (subject to hydrolysis) is 1. The number of benzene rings is 6. The van der Waals surface area contributed by atoms with Gasteiger partial charge in [-0.1, -0.05) is 196 Å². The second kappa shape index (κ2) is 25.9. The van der Waals surface area contributed by atoms with Crippen molar-refractivity contribution < 1.29 is 33.4 Å².